The fraction of sp³-hybridized carbons (Fsp3) is 0.0769. The third-order valence-electron chi connectivity index (χ3n) is 2.52. The molecule has 2 rings (SSSR count). The standard InChI is InChI=1S/C13H14N4/c1-9(16-17-13(14)15)11-7-6-10-4-2-3-5-12(10)8-11/h2-8H,1H3,(H4,14,15,17)/p+1/b16-9-. The number of hydrogen-bond acceptors (Lipinski definition) is 1. The monoisotopic (exact) mass is 227 g/mol. The lowest BCUT2D eigenvalue weighted by Crippen LogP contribution is -2.72. The van der Waals surface area contributed by atoms with Gasteiger partial charge in [0.2, 0.25) is 0 Å². The van der Waals surface area contributed by atoms with Crippen molar-refractivity contribution in [1.82, 2.24) is 0 Å². The van der Waals surface area contributed by atoms with E-state index in [0.29, 0.717) is 0 Å². The Morgan fingerprint density at radius 1 is 1.06 bits per heavy atom. The number of nitrogens with one attached hydrogen (secondary N) is 1. The summed E-state index contributed by atoms with van der Waals surface area (Å²) in [5, 5.41) is 9.03. The first-order valence-electron chi connectivity index (χ1n) is 5.34. The molecule has 0 atom stereocenters. The summed E-state index contributed by atoms with van der Waals surface area (Å²) in [4.78, 5) is 0. The van der Waals surface area contributed by atoms with Gasteiger partial charge in [-0.15, -0.1) is 5.10 Å². The van der Waals surface area contributed by atoms with Gasteiger partial charge in [0, 0.05) is 0 Å². The van der Waals surface area contributed by atoms with E-state index in [0.717, 1.165) is 11.3 Å². The van der Waals surface area contributed by atoms with Crippen molar-refractivity contribution in [2.75, 3.05) is 0 Å². The van der Waals surface area contributed by atoms with E-state index in [-0.39, 0.29) is 5.96 Å². The van der Waals surface area contributed by atoms with Crippen LogP contribution in [-0.2, 0) is 0 Å². The molecule has 0 unspecified atom stereocenters. The van der Waals surface area contributed by atoms with Crippen molar-refractivity contribution in [2.45, 2.75) is 6.92 Å². The van der Waals surface area contributed by atoms with Crippen molar-refractivity contribution < 1.29 is 5.10 Å². The molecule has 17 heavy (non-hydrogen) atoms. The van der Waals surface area contributed by atoms with Crippen LogP contribution >= 0.6 is 0 Å². The van der Waals surface area contributed by atoms with Gasteiger partial charge in [0.05, 0.1) is 5.71 Å². The van der Waals surface area contributed by atoms with Crippen LogP contribution in [0.15, 0.2) is 47.6 Å². The average molecular weight is 227 g/mol. The molecule has 0 saturated carbocycles. The second-order valence-corrected chi connectivity index (χ2v) is 3.83. The van der Waals surface area contributed by atoms with Gasteiger partial charge in [-0.3, -0.25) is 11.5 Å². The fourth-order valence-corrected chi connectivity index (χ4v) is 1.63. The maximum absolute atomic E-state index is 5.29. The van der Waals surface area contributed by atoms with Gasteiger partial charge in [0.25, 0.3) is 0 Å². The van der Waals surface area contributed by atoms with Crippen molar-refractivity contribution in [1.29, 1.82) is 0 Å². The minimum atomic E-state index is 0.0881. The topological polar surface area (TPSA) is 78.4 Å². The third-order valence-corrected chi connectivity index (χ3v) is 2.52. The number of benzene rings is 2. The highest BCUT2D eigenvalue weighted by Gasteiger charge is 1.99. The molecule has 0 bridgehead atoms. The molecule has 0 heterocycles. The molecule has 0 amide bonds. The number of guanidine groups is 1. The molecule has 0 fully saturated rings. The van der Waals surface area contributed by atoms with Gasteiger partial charge in [0.15, 0.2) is 0 Å². The molecular weight excluding hydrogens is 212 g/mol. The quantitative estimate of drug-likeness (QED) is 0.381. The Bertz CT molecular complexity index is 595. The summed E-state index contributed by atoms with van der Waals surface area (Å²) < 4.78 is 0. The zero-order valence-electron chi connectivity index (χ0n) is 9.64. The highest BCUT2D eigenvalue weighted by Crippen LogP contribution is 2.15. The maximum atomic E-state index is 5.29. The molecule has 2 aromatic carbocycles. The predicted octanol–water partition coefficient (Wildman–Crippen LogP) is -0.0822. The number of nitrogens with zero attached hydrogens (tertiary/aromatic N) is 1. The minimum Gasteiger partial charge on any atom is -0.289 e. The molecule has 4 heteroatoms. The largest absolute Gasteiger partial charge is 0.362 e. The van der Waals surface area contributed by atoms with E-state index in [1.807, 2.05) is 25.1 Å². The predicted molar refractivity (Wildman–Crippen MR) is 70.5 cm³/mol. The van der Waals surface area contributed by atoms with E-state index >= 15 is 0 Å². The lowest BCUT2D eigenvalue weighted by molar-refractivity contribution is -0.464. The van der Waals surface area contributed by atoms with Gasteiger partial charge in [-0.1, -0.05) is 36.4 Å². The molecule has 0 aromatic heterocycles. The summed E-state index contributed by atoms with van der Waals surface area (Å²) in [6.45, 7) is 1.90. The second kappa shape index (κ2) is 4.65. The van der Waals surface area contributed by atoms with E-state index in [9.17, 15) is 0 Å². The van der Waals surface area contributed by atoms with Crippen LogP contribution in [-0.4, -0.2) is 11.7 Å². The lowest BCUT2D eigenvalue weighted by atomic mass is 10.0. The summed E-state index contributed by atoms with van der Waals surface area (Å²) in [6, 6.07) is 14.4. The van der Waals surface area contributed by atoms with E-state index in [2.05, 4.69) is 34.5 Å². The lowest BCUT2D eigenvalue weighted by Gasteiger charge is -2.01. The van der Waals surface area contributed by atoms with E-state index < -0.39 is 0 Å². The number of hydrazone groups is 1. The Labute approximate surface area is 99.6 Å². The Hall–Kier alpha value is -2.36. The van der Waals surface area contributed by atoms with Crippen LogP contribution < -0.4 is 16.6 Å². The normalized spacial score (nSPS) is 11.5. The van der Waals surface area contributed by atoms with Crippen LogP contribution in [0.1, 0.15) is 12.5 Å². The van der Waals surface area contributed by atoms with Gasteiger partial charge in [-0.2, -0.15) is 5.10 Å². The number of hydrogen-bond donors (Lipinski definition) is 3. The van der Waals surface area contributed by atoms with Crippen molar-refractivity contribution in [2.24, 2.45) is 16.6 Å². The molecule has 0 aliphatic rings. The first kappa shape index (κ1) is 11.1. The van der Waals surface area contributed by atoms with Crippen molar-refractivity contribution >= 4 is 22.4 Å². The average Bonchev–Trinajstić information content (AvgIpc) is 2.35. The first-order valence-corrected chi connectivity index (χ1v) is 5.34. The highest BCUT2D eigenvalue weighted by atomic mass is 15.3. The summed E-state index contributed by atoms with van der Waals surface area (Å²) in [7, 11) is 0. The Morgan fingerprint density at radius 3 is 2.47 bits per heavy atom. The van der Waals surface area contributed by atoms with Crippen molar-refractivity contribution in [3.05, 3.63) is 48.0 Å². The molecular formula is C13H15N4+. The zero-order chi connectivity index (χ0) is 12.3. The minimum absolute atomic E-state index is 0.0881. The maximum Gasteiger partial charge on any atom is 0.362 e. The Balaban J connectivity index is 2.43. The summed E-state index contributed by atoms with van der Waals surface area (Å²) in [5.74, 6) is 0.0881. The van der Waals surface area contributed by atoms with Gasteiger partial charge >= 0.3 is 5.96 Å². The molecule has 0 radical (unpaired) electrons. The van der Waals surface area contributed by atoms with E-state index in [4.69, 9.17) is 11.5 Å². The second-order valence-electron chi connectivity index (χ2n) is 3.83. The first-order chi connectivity index (χ1) is 8.16. The van der Waals surface area contributed by atoms with Gasteiger partial charge in [-0.25, -0.2) is 0 Å². The van der Waals surface area contributed by atoms with Crippen LogP contribution in [0.4, 0.5) is 0 Å². The number of fused-ring (bicyclic) bond motifs is 1. The molecule has 0 saturated heterocycles. The molecule has 0 aliphatic carbocycles. The molecule has 86 valence electrons. The molecule has 5 N–H and O–H groups in total. The van der Waals surface area contributed by atoms with Gasteiger partial charge in [0.1, 0.15) is 0 Å². The summed E-state index contributed by atoms with van der Waals surface area (Å²) >= 11 is 0. The van der Waals surface area contributed by atoms with Gasteiger partial charge in [-0.05, 0) is 29.3 Å². The molecule has 0 aliphatic heterocycles. The zero-order valence-corrected chi connectivity index (χ0v) is 9.64. The summed E-state index contributed by atoms with van der Waals surface area (Å²) in [5.41, 5.74) is 12.4. The third kappa shape index (κ3) is 2.60. The SMILES string of the molecule is C/C(=N/[NH+]=C(N)N)c1ccc2ccccc2c1. The summed E-state index contributed by atoms with van der Waals surface area (Å²) in [6.07, 6.45) is 0. The van der Waals surface area contributed by atoms with Crippen molar-refractivity contribution in [3.63, 3.8) is 0 Å². The van der Waals surface area contributed by atoms with Crippen LogP contribution in [0.3, 0.4) is 0 Å². The number of rotatable bonds is 2. The molecule has 0 spiro atoms. The van der Waals surface area contributed by atoms with Crippen LogP contribution in [0.25, 0.3) is 10.8 Å². The van der Waals surface area contributed by atoms with Crippen molar-refractivity contribution in [3.8, 4) is 0 Å². The Morgan fingerprint density at radius 2 is 1.76 bits per heavy atom. The van der Waals surface area contributed by atoms with Crippen LogP contribution in [0.5, 0.6) is 0 Å². The fourth-order valence-electron chi connectivity index (χ4n) is 1.63. The van der Waals surface area contributed by atoms with Gasteiger partial charge < -0.3 is 0 Å². The van der Waals surface area contributed by atoms with E-state index in [1.54, 1.807) is 0 Å². The smallest absolute Gasteiger partial charge is 0.289 e. The van der Waals surface area contributed by atoms with E-state index in [1.165, 1.54) is 10.8 Å². The number of nitrogens with two attached hydrogens (primary N) is 2. The van der Waals surface area contributed by atoms with Crippen LogP contribution in [0, 0.1) is 0 Å². The highest BCUT2D eigenvalue weighted by molar-refractivity contribution is 6.01. The van der Waals surface area contributed by atoms with Crippen LogP contribution in [0.2, 0.25) is 0 Å². The molecule has 4 nitrogen and oxygen atoms in total. The molecule has 2 aromatic rings. The Kier molecular flexibility index (Phi) is 3.05.